The van der Waals surface area contributed by atoms with E-state index in [2.05, 4.69) is 15.9 Å². The number of hydrogen-bond acceptors (Lipinski definition) is 2. The lowest BCUT2D eigenvalue weighted by Gasteiger charge is -2.38. The van der Waals surface area contributed by atoms with Crippen LogP contribution in [-0.4, -0.2) is 11.7 Å². The van der Waals surface area contributed by atoms with Crippen LogP contribution < -0.4 is 5.73 Å². The summed E-state index contributed by atoms with van der Waals surface area (Å²) in [5, 5.41) is 1.93. The molecule has 18 heavy (non-hydrogen) atoms. The normalized spacial score (nSPS) is 29.5. The third-order valence-electron chi connectivity index (χ3n) is 3.49. The molecule has 0 aromatic carbocycles. The highest BCUT2D eigenvalue weighted by Crippen LogP contribution is 2.42. The lowest BCUT2D eigenvalue weighted by atomic mass is 9.74. The first kappa shape index (κ1) is 14.3. The van der Waals surface area contributed by atoms with E-state index in [9.17, 15) is 13.2 Å². The molecule has 0 bridgehead atoms. The van der Waals surface area contributed by atoms with Crippen LogP contribution in [0.4, 0.5) is 13.2 Å². The van der Waals surface area contributed by atoms with Gasteiger partial charge >= 0.3 is 6.18 Å². The second-order valence-electron chi connectivity index (χ2n) is 5.11. The maximum atomic E-state index is 12.8. The van der Waals surface area contributed by atoms with Crippen LogP contribution in [0.1, 0.15) is 30.6 Å². The molecule has 0 aliphatic heterocycles. The van der Waals surface area contributed by atoms with E-state index >= 15 is 0 Å². The van der Waals surface area contributed by atoms with Crippen molar-refractivity contribution in [2.75, 3.05) is 0 Å². The van der Waals surface area contributed by atoms with E-state index in [0.29, 0.717) is 19.3 Å². The number of alkyl halides is 3. The Bertz CT molecular complexity index is 418. The van der Waals surface area contributed by atoms with Gasteiger partial charge in [-0.3, -0.25) is 0 Å². The molecule has 2 rings (SSSR count). The van der Waals surface area contributed by atoms with Crippen molar-refractivity contribution in [1.29, 1.82) is 0 Å². The lowest BCUT2D eigenvalue weighted by molar-refractivity contribution is -0.187. The number of rotatable bonds is 2. The summed E-state index contributed by atoms with van der Waals surface area (Å²) >= 11 is 4.89. The Morgan fingerprint density at radius 2 is 2.22 bits per heavy atom. The van der Waals surface area contributed by atoms with Crippen LogP contribution in [0.25, 0.3) is 0 Å². The number of thiophene rings is 1. The fraction of sp³-hybridized carbons (Fsp3) is 0.667. The molecule has 0 amide bonds. The fourth-order valence-electron chi connectivity index (χ4n) is 2.63. The van der Waals surface area contributed by atoms with Crippen molar-refractivity contribution < 1.29 is 13.2 Å². The topological polar surface area (TPSA) is 26.0 Å². The quantitative estimate of drug-likeness (QED) is 0.841. The predicted octanol–water partition coefficient (Wildman–Crippen LogP) is 4.50. The lowest BCUT2D eigenvalue weighted by Crippen LogP contribution is -2.48. The van der Waals surface area contributed by atoms with Crippen molar-refractivity contribution in [2.24, 2.45) is 11.7 Å². The summed E-state index contributed by atoms with van der Waals surface area (Å²) in [5.41, 5.74) is 5.47. The molecule has 6 heteroatoms. The van der Waals surface area contributed by atoms with Gasteiger partial charge in [-0.05, 0) is 47.7 Å². The van der Waals surface area contributed by atoms with Gasteiger partial charge in [0.1, 0.15) is 0 Å². The van der Waals surface area contributed by atoms with Crippen molar-refractivity contribution in [3.63, 3.8) is 0 Å². The Labute approximate surface area is 117 Å². The van der Waals surface area contributed by atoms with Gasteiger partial charge in [-0.15, -0.1) is 11.3 Å². The highest BCUT2D eigenvalue weighted by molar-refractivity contribution is 9.10. The van der Waals surface area contributed by atoms with E-state index in [1.54, 1.807) is 11.3 Å². The zero-order valence-corrected chi connectivity index (χ0v) is 12.2. The van der Waals surface area contributed by atoms with Crippen LogP contribution >= 0.6 is 27.3 Å². The van der Waals surface area contributed by atoms with Crippen LogP contribution in [0.3, 0.4) is 0 Å². The van der Waals surface area contributed by atoms with Gasteiger partial charge in [-0.2, -0.15) is 13.2 Å². The molecular weight excluding hydrogens is 327 g/mol. The van der Waals surface area contributed by atoms with E-state index in [1.807, 2.05) is 11.4 Å². The predicted molar refractivity (Wildman–Crippen MR) is 70.7 cm³/mol. The first-order valence-corrected chi connectivity index (χ1v) is 7.54. The minimum Gasteiger partial charge on any atom is -0.325 e. The fourth-order valence-corrected chi connectivity index (χ4v) is 4.23. The average molecular weight is 342 g/mol. The smallest absolute Gasteiger partial charge is 0.325 e. The summed E-state index contributed by atoms with van der Waals surface area (Å²) in [6, 6.07) is 1.94. The molecule has 1 aliphatic rings. The molecule has 1 saturated carbocycles. The van der Waals surface area contributed by atoms with Crippen molar-refractivity contribution in [3.8, 4) is 0 Å². The summed E-state index contributed by atoms with van der Waals surface area (Å²) in [7, 11) is 0. The van der Waals surface area contributed by atoms with Crippen LogP contribution in [0.5, 0.6) is 0 Å². The third kappa shape index (κ3) is 3.48. The summed E-state index contributed by atoms with van der Waals surface area (Å²) in [5.74, 6) is -1.24. The summed E-state index contributed by atoms with van der Waals surface area (Å²) in [6.07, 6.45) is -2.07. The van der Waals surface area contributed by atoms with E-state index in [4.69, 9.17) is 5.73 Å². The Hall–Kier alpha value is -0.0700. The summed E-state index contributed by atoms with van der Waals surface area (Å²) in [6.45, 7) is 0. The highest BCUT2D eigenvalue weighted by atomic mass is 79.9. The second-order valence-corrected chi connectivity index (χ2v) is 7.02. The van der Waals surface area contributed by atoms with Crippen LogP contribution in [0.15, 0.2) is 15.9 Å². The largest absolute Gasteiger partial charge is 0.391 e. The third-order valence-corrected chi connectivity index (χ3v) is 5.19. The highest BCUT2D eigenvalue weighted by Gasteiger charge is 2.46. The van der Waals surface area contributed by atoms with Crippen molar-refractivity contribution in [2.45, 2.75) is 43.8 Å². The van der Waals surface area contributed by atoms with Gasteiger partial charge in [0, 0.05) is 20.3 Å². The molecular formula is C12H15BrF3NS. The first-order valence-electron chi connectivity index (χ1n) is 5.87. The van der Waals surface area contributed by atoms with Gasteiger partial charge < -0.3 is 5.73 Å². The Kier molecular flexibility index (Phi) is 4.09. The monoisotopic (exact) mass is 341 g/mol. The Morgan fingerprint density at radius 3 is 2.78 bits per heavy atom. The number of nitrogens with two attached hydrogens (primary N) is 1. The Morgan fingerprint density at radius 1 is 1.50 bits per heavy atom. The maximum Gasteiger partial charge on any atom is 0.391 e. The molecule has 2 unspecified atom stereocenters. The number of hydrogen-bond donors (Lipinski definition) is 1. The standard InChI is InChI=1S/C12H15BrF3NS/c13-9-4-10(18-7-9)6-11(17)3-1-2-8(5-11)12(14,15)16/h4,7-8H,1-3,5-6,17H2. The molecule has 1 aliphatic carbocycles. The summed E-state index contributed by atoms with van der Waals surface area (Å²) in [4.78, 5) is 1.05. The van der Waals surface area contributed by atoms with Gasteiger partial charge in [0.15, 0.2) is 0 Å². The molecule has 0 radical (unpaired) electrons. The molecule has 1 heterocycles. The van der Waals surface area contributed by atoms with Gasteiger partial charge in [-0.1, -0.05) is 6.42 Å². The SMILES string of the molecule is NC1(Cc2cc(Br)cs2)CCCC(C(F)(F)F)C1. The molecule has 0 spiro atoms. The van der Waals surface area contributed by atoms with Crippen molar-refractivity contribution in [1.82, 2.24) is 0 Å². The van der Waals surface area contributed by atoms with E-state index in [0.717, 1.165) is 9.35 Å². The molecule has 2 atom stereocenters. The Balaban J connectivity index is 2.06. The number of halogens is 4. The molecule has 1 fully saturated rings. The minimum absolute atomic E-state index is 0.0476. The van der Waals surface area contributed by atoms with Gasteiger partial charge in [0.25, 0.3) is 0 Å². The average Bonchev–Trinajstić information content (AvgIpc) is 2.62. The molecule has 2 N–H and O–H groups in total. The second kappa shape index (κ2) is 5.13. The molecule has 1 aromatic rings. The van der Waals surface area contributed by atoms with E-state index < -0.39 is 17.6 Å². The first-order chi connectivity index (χ1) is 8.28. The van der Waals surface area contributed by atoms with Crippen LogP contribution in [0.2, 0.25) is 0 Å². The zero-order valence-electron chi connectivity index (χ0n) is 9.77. The van der Waals surface area contributed by atoms with Crippen LogP contribution in [-0.2, 0) is 6.42 Å². The van der Waals surface area contributed by atoms with Crippen molar-refractivity contribution >= 4 is 27.3 Å². The summed E-state index contributed by atoms with van der Waals surface area (Å²) < 4.78 is 39.3. The van der Waals surface area contributed by atoms with Crippen molar-refractivity contribution in [3.05, 3.63) is 20.8 Å². The molecule has 1 aromatic heterocycles. The molecule has 102 valence electrons. The maximum absolute atomic E-state index is 12.8. The zero-order chi connectivity index (χ0) is 13.4. The van der Waals surface area contributed by atoms with Gasteiger partial charge in [0.05, 0.1) is 5.92 Å². The molecule has 0 saturated heterocycles. The van der Waals surface area contributed by atoms with Gasteiger partial charge in [0.2, 0.25) is 0 Å². The minimum atomic E-state index is -4.11. The van der Waals surface area contributed by atoms with Gasteiger partial charge in [-0.25, -0.2) is 0 Å². The van der Waals surface area contributed by atoms with Crippen LogP contribution in [0, 0.1) is 5.92 Å². The van der Waals surface area contributed by atoms with E-state index in [1.165, 1.54) is 0 Å². The molecule has 1 nitrogen and oxygen atoms in total. The van der Waals surface area contributed by atoms with E-state index in [-0.39, 0.29) is 12.8 Å².